The average Bonchev–Trinajstić information content (AvgIpc) is 2.95. The van der Waals surface area contributed by atoms with Crippen molar-refractivity contribution in [1.29, 1.82) is 0 Å². The van der Waals surface area contributed by atoms with E-state index in [1.54, 1.807) is 6.26 Å². The molecule has 0 spiro atoms. The SMILES string of the molecule is C[C@H](NCc1cnc(N(C)C)n1C)c1ccco1. The van der Waals surface area contributed by atoms with E-state index in [2.05, 4.69) is 21.8 Å². The molecule has 18 heavy (non-hydrogen) atoms. The van der Waals surface area contributed by atoms with E-state index in [0.717, 1.165) is 23.9 Å². The van der Waals surface area contributed by atoms with Crippen LogP contribution in [0, 0.1) is 0 Å². The molecule has 5 heteroatoms. The number of hydrogen-bond acceptors (Lipinski definition) is 4. The first-order valence-electron chi connectivity index (χ1n) is 6.04. The van der Waals surface area contributed by atoms with Gasteiger partial charge in [0.2, 0.25) is 5.95 Å². The molecule has 0 amide bonds. The van der Waals surface area contributed by atoms with Crippen LogP contribution < -0.4 is 10.2 Å². The van der Waals surface area contributed by atoms with Crippen LogP contribution in [0.4, 0.5) is 5.95 Å². The van der Waals surface area contributed by atoms with E-state index in [1.165, 1.54) is 0 Å². The summed E-state index contributed by atoms with van der Waals surface area (Å²) in [6.07, 6.45) is 3.60. The minimum atomic E-state index is 0.192. The quantitative estimate of drug-likeness (QED) is 0.878. The Morgan fingerprint density at radius 3 is 2.83 bits per heavy atom. The highest BCUT2D eigenvalue weighted by Crippen LogP contribution is 2.15. The molecule has 98 valence electrons. The minimum absolute atomic E-state index is 0.192. The number of rotatable bonds is 5. The van der Waals surface area contributed by atoms with Gasteiger partial charge in [-0.05, 0) is 19.1 Å². The Kier molecular flexibility index (Phi) is 3.72. The Labute approximate surface area is 107 Å². The monoisotopic (exact) mass is 248 g/mol. The molecule has 0 aliphatic carbocycles. The molecule has 2 aromatic rings. The fourth-order valence-corrected chi connectivity index (χ4v) is 1.91. The molecule has 1 atom stereocenters. The van der Waals surface area contributed by atoms with Gasteiger partial charge in [-0.25, -0.2) is 4.98 Å². The van der Waals surface area contributed by atoms with Gasteiger partial charge in [-0.1, -0.05) is 0 Å². The topological polar surface area (TPSA) is 46.2 Å². The molecule has 0 aliphatic heterocycles. The van der Waals surface area contributed by atoms with Crippen LogP contribution in [0.2, 0.25) is 0 Å². The summed E-state index contributed by atoms with van der Waals surface area (Å²) in [6, 6.07) is 4.08. The number of hydrogen-bond donors (Lipinski definition) is 1. The van der Waals surface area contributed by atoms with Gasteiger partial charge >= 0.3 is 0 Å². The number of nitrogens with zero attached hydrogens (tertiary/aromatic N) is 3. The van der Waals surface area contributed by atoms with Crippen molar-refractivity contribution in [3.8, 4) is 0 Å². The van der Waals surface area contributed by atoms with Crippen molar-refractivity contribution in [1.82, 2.24) is 14.9 Å². The van der Waals surface area contributed by atoms with E-state index in [9.17, 15) is 0 Å². The highest BCUT2D eigenvalue weighted by molar-refractivity contribution is 5.30. The zero-order chi connectivity index (χ0) is 13.1. The summed E-state index contributed by atoms with van der Waals surface area (Å²) in [7, 11) is 6.01. The summed E-state index contributed by atoms with van der Waals surface area (Å²) < 4.78 is 7.45. The smallest absolute Gasteiger partial charge is 0.204 e. The first kappa shape index (κ1) is 12.7. The third kappa shape index (κ3) is 2.56. The molecule has 1 N–H and O–H groups in total. The predicted molar refractivity (Wildman–Crippen MR) is 71.5 cm³/mol. The third-order valence-corrected chi connectivity index (χ3v) is 3.02. The van der Waals surface area contributed by atoms with E-state index in [-0.39, 0.29) is 6.04 Å². The zero-order valence-electron chi connectivity index (χ0n) is 11.3. The van der Waals surface area contributed by atoms with Crippen molar-refractivity contribution in [3.63, 3.8) is 0 Å². The molecule has 5 nitrogen and oxygen atoms in total. The van der Waals surface area contributed by atoms with Gasteiger partial charge in [0.1, 0.15) is 5.76 Å². The Morgan fingerprint density at radius 2 is 2.28 bits per heavy atom. The molecule has 0 bridgehead atoms. The number of aromatic nitrogens is 2. The molecule has 0 fully saturated rings. The summed E-state index contributed by atoms with van der Waals surface area (Å²) in [5.74, 6) is 1.91. The van der Waals surface area contributed by atoms with Crippen molar-refractivity contribution in [2.24, 2.45) is 7.05 Å². The Bertz CT molecular complexity index is 487. The van der Waals surface area contributed by atoms with E-state index in [4.69, 9.17) is 4.42 Å². The highest BCUT2D eigenvalue weighted by atomic mass is 16.3. The van der Waals surface area contributed by atoms with Gasteiger partial charge < -0.3 is 19.2 Å². The fourth-order valence-electron chi connectivity index (χ4n) is 1.91. The largest absolute Gasteiger partial charge is 0.468 e. The second-order valence-electron chi connectivity index (χ2n) is 4.62. The first-order chi connectivity index (χ1) is 8.59. The van der Waals surface area contributed by atoms with Crippen molar-refractivity contribution >= 4 is 5.95 Å². The van der Waals surface area contributed by atoms with Crippen LogP contribution in [0.25, 0.3) is 0 Å². The molecule has 0 aromatic carbocycles. The van der Waals surface area contributed by atoms with Gasteiger partial charge in [0.15, 0.2) is 0 Å². The molecule has 0 radical (unpaired) electrons. The number of imidazole rings is 1. The Balaban J connectivity index is 1.98. The number of nitrogens with one attached hydrogen (secondary N) is 1. The average molecular weight is 248 g/mol. The molecule has 2 aromatic heterocycles. The van der Waals surface area contributed by atoms with Crippen LogP contribution in [0.15, 0.2) is 29.0 Å². The molecule has 2 heterocycles. The number of furan rings is 1. The summed E-state index contributed by atoms with van der Waals surface area (Å²) in [4.78, 5) is 6.38. The fraction of sp³-hybridized carbons (Fsp3) is 0.462. The summed E-state index contributed by atoms with van der Waals surface area (Å²) >= 11 is 0. The van der Waals surface area contributed by atoms with Crippen molar-refractivity contribution in [2.45, 2.75) is 19.5 Å². The van der Waals surface area contributed by atoms with Gasteiger partial charge in [0.05, 0.1) is 24.2 Å². The van der Waals surface area contributed by atoms with E-state index in [0.29, 0.717) is 0 Å². The lowest BCUT2D eigenvalue weighted by Gasteiger charge is -2.14. The maximum atomic E-state index is 5.36. The predicted octanol–water partition coefficient (Wildman–Crippen LogP) is 1.93. The summed E-state index contributed by atoms with van der Waals surface area (Å²) in [5.41, 5.74) is 1.15. The number of anilines is 1. The normalized spacial score (nSPS) is 12.7. The van der Waals surface area contributed by atoms with E-state index in [1.807, 2.05) is 44.4 Å². The van der Waals surface area contributed by atoms with Crippen LogP contribution >= 0.6 is 0 Å². The molecular formula is C13H20N4O. The zero-order valence-corrected chi connectivity index (χ0v) is 11.3. The second-order valence-corrected chi connectivity index (χ2v) is 4.62. The molecule has 0 saturated heterocycles. The van der Waals surface area contributed by atoms with Crippen LogP contribution in [-0.2, 0) is 13.6 Å². The molecule has 2 rings (SSSR count). The molecular weight excluding hydrogens is 228 g/mol. The van der Waals surface area contributed by atoms with E-state index < -0.39 is 0 Å². The maximum Gasteiger partial charge on any atom is 0.204 e. The van der Waals surface area contributed by atoms with Gasteiger partial charge in [-0.2, -0.15) is 0 Å². The van der Waals surface area contributed by atoms with Crippen LogP contribution in [0.5, 0.6) is 0 Å². The van der Waals surface area contributed by atoms with Crippen molar-refractivity contribution < 1.29 is 4.42 Å². The Morgan fingerprint density at radius 1 is 1.50 bits per heavy atom. The molecule has 0 saturated carbocycles. The standard InChI is InChI=1S/C13H20N4O/c1-10(12-6-5-7-18-12)14-8-11-9-15-13(16(2)3)17(11)4/h5-7,9-10,14H,8H2,1-4H3/t10-/m0/s1. The lowest BCUT2D eigenvalue weighted by Crippen LogP contribution is -2.20. The second kappa shape index (κ2) is 5.27. The van der Waals surface area contributed by atoms with Crippen molar-refractivity contribution in [2.75, 3.05) is 19.0 Å². The molecule has 0 aliphatic rings. The minimum Gasteiger partial charge on any atom is -0.468 e. The van der Waals surface area contributed by atoms with Crippen LogP contribution in [-0.4, -0.2) is 23.6 Å². The van der Waals surface area contributed by atoms with Gasteiger partial charge in [0.25, 0.3) is 0 Å². The van der Waals surface area contributed by atoms with Gasteiger partial charge in [-0.15, -0.1) is 0 Å². The summed E-state index contributed by atoms with van der Waals surface area (Å²) in [6.45, 7) is 2.85. The first-order valence-corrected chi connectivity index (χ1v) is 6.04. The lowest BCUT2D eigenvalue weighted by molar-refractivity contribution is 0.427. The summed E-state index contributed by atoms with van der Waals surface area (Å²) in [5, 5.41) is 3.42. The maximum absolute atomic E-state index is 5.36. The third-order valence-electron chi connectivity index (χ3n) is 3.02. The van der Waals surface area contributed by atoms with Gasteiger partial charge in [0, 0.05) is 27.7 Å². The Hall–Kier alpha value is -1.75. The van der Waals surface area contributed by atoms with Crippen molar-refractivity contribution in [3.05, 3.63) is 36.0 Å². The lowest BCUT2D eigenvalue weighted by atomic mass is 10.2. The molecule has 0 unspecified atom stereocenters. The van der Waals surface area contributed by atoms with E-state index >= 15 is 0 Å². The highest BCUT2D eigenvalue weighted by Gasteiger charge is 2.11. The van der Waals surface area contributed by atoms with Crippen LogP contribution in [0.1, 0.15) is 24.4 Å². The van der Waals surface area contributed by atoms with Crippen LogP contribution in [0.3, 0.4) is 0 Å². The van der Waals surface area contributed by atoms with Gasteiger partial charge in [-0.3, -0.25) is 0 Å².